The van der Waals surface area contributed by atoms with E-state index < -0.39 is 0 Å². The zero-order valence-electron chi connectivity index (χ0n) is 17.6. The fourth-order valence-corrected chi connectivity index (χ4v) is 4.02. The molecule has 1 aromatic rings. The van der Waals surface area contributed by atoms with Crippen molar-refractivity contribution in [1.82, 2.24) is 25.4 Å². The fourth-order valence-electron chi connectivity index (χ4n) is 3.44. The molecule has 1 aliphatic rings. The van der Waals surface area contributed by atoms with Crippen LogP contribution in [-0.4, -0.2) is 59.8 Å². The van der Waals surface area contributed by atoms with Crippen LogP contribution >= 0.6 is 35.7 Å². The minimum atomic E-state index is 0. The molecule has 0 radical (unpaired) electrons. The van der Waals surface area contributed by atoms with Crippen LogP contribution in [0.2, 0.25) is 0 Å². The van der Waals surface area contributed by atoms with Crippen molar-refractivity contribution in [3.05, 3.63) is 5.82 Å². The highest BCUT2D eigenvalue weighted by Gasteiger charge is 2.23. The summed E-state index contributed by atoms with van der Waals surface area (Å²) in [5.74, 6) is 2.01. The van der Waals surface area contributed by atoms with E-state index in [0.717, 1.165) is 69.1 Å². The van der Waals surface area contributed by atoms with Gasteiger partial charge in [-0.2, -0.15) is 0 Å². The van der Waals surface area contributed by atoms with Crippen molar-refractivity contribution in [3.63, 3.8) is 0 Å². The number of halogens is 1. The van der Waals surface area contributed by atoms with Crippen LogP contribution in [0.25, 0.3) is 0 Å². The zero-order chi connectivity index (χ0) is 19.3. The quantitative estimate of drug-likeness (QED) is 0.143. The molecule has 7 nitrogen and oxygen atoms in total. The van der Waals surface area contributed by atoms with Crippen molar-refractivity contribution >= 4 is 41.7 Å². The van der Waals surface area contributed by atoms with E-state index in [9.17, 15) is 0 Å². The van der Waals surface area contributed by atoms with Crippen molar-refractivity contribution in [3.8, 4) is 0 Å². The van der Waals surface area contributed by atoms with E-state index in [1.807, 2.05) is 6.92 Å². The first-order valence-electron chi connectivity index (χ1n) is 10.4. The molecule has 0 amide bonds. The highest BCUT2D eigenvalue weighted by molar-refractivity contribution is 14.0. The van der Waals surface area contributed by atoms with Gasteiger partial charge in [0, 0.05) is 45.3 Å². The summed E-state index contributed by atoms with van der Waals surface area (Å²) in [5, 5.41) is 16.6. The third-order valence-electron chi connectivity index (χ3n) is 4.74. The Morgan fingerprint density at radius 2 is 2.00 bits per heavy atom. The van der Waals surface area contributed by atoms with Gasteiger partial charge in [-0.25, -0.2) is 0 Å². The number of ether oxygens (including phenoxy) is 1. The van der Waals surface area contributed by atoms with Gasteiger partial charge >= 0.3 is 0 Å². The number of hydrogen-bond acceptors (Lipinski definition) is 5. The van der Waals surface area contributed by atoms with Crippen LogP contribution in [0, 0.1) is 0 Å². The summed E-state index contributed by atoms with van der Waals surface area (Å²) < 4.78 is 7.76. The third-order valence-corrected chi connectivity index (χ3v) is 5.39. The first-order chi connectivity index (χ1) is 13.3. The molecule has 0 atom stereocenters. The number of aromatic nitrogens is 3. The number of guanidine groups is 1. The van der Waals surface area contributed by atoms with E-state index >= 15 is 0 Å². The van der Waals surface area contributed by atoms with Gasteiger partial charge in [0.05, 0.1) is 0 Å². The van der Waals surface area contributed by atoms with Gasteiger partial charge in [0.25, 0.3) is 0 Å². The predicted molar refractivity (Wildman–Crippen MR) is 128 cm³/mol. The van der Waals surface area contributed by atoms with E-state index in [2.05, 4.69) is 38.6 Å². The maximum atomic E-state index is 5.37. The number of nitrogens with zero attached hydrogens (tertiary/aromatic N) is 4. The third kappa shape index (κ3) is 8.44. The second-order valence-corrected chi connectivity index (χ2v) is 7.53. The second-order valence-electron chi connectivity index (χ2n) is 6.75. The van der Waals surface area contributed by atoms with Crippen LogP contribution < -0.4 is 10.6 Å². The Morgan fingerprint density at radius 1 is 1.21 bits per heavy atom. The van der Waals surface area contributed by atoms with Crippen molar-refractivity contribution in [2.24, 2.45) is 4.99 Å². The Hall–Kier alpha value is -0.550. The van der Waals surface area contributed by atoms with Crippen LogP contribution in [0.5, 0.6) is 0 Å². The average Bonchev–Trinajstić information content (AvgIpc) is 3.33. The fraction of sp³-hybridized carbons (Fsp3) is 0.842. The highest BCUT2D eigenvalue weighted by Crippen LogP contribution is 2.33. The molecule has 2 rings (SSSR count). The Morgan fingerprint density at radius 3 is 2.68 bits per heavy atom. The van der Waals surface area contributed by atoms with E-state index in [1.165, 1.54) is 25.7 Å². The molecule has 162 valence electrons. The molecule has 28 heavy (non-hydrogen) atoms. The number of hydrogen-bond donors (Lipinski definition) is 2. The van der Waals surface area contributed by atoms with Crippen LogP contribution in [0.1, 0.15) is 64.2 Å². The predicted octanol–water partition coefficient (Wildman–Crippen LogP) is 3.65. The zero-order valence-corrected chi connectivity index (χ0v) is 20.7. The van der Waals surface area contributed by atoms with Crippen LogP contribution in [0.3, 0.4) is 0 Å². The van der Waals surface area contributed by atoms with Gasteiger partial charge < -0.3 is 19.9 Å². The first-order valence-corrected chi connectivity index (χ1v) is 11.6. The molecule has 0 saturated heterocycles. The molecule has 0 unspecified atom stereocenters. The number of aryl methyl sites for hydroxylation is 1. The Balaban J connectivity index is 0.00000392. The molecular formula is C19H37IN6OS. The molecule has 0 aliphatic heterocycles. The summed E-state index contributed by atoms with van der Waals surface area (Å²) in [5.41, 5.74) is 0. The molecule has 2 N–H and O–H groups in total. The molecule has 1 fully saturated rings. The standard InChI is InChI=1S/C19H36N6OS.HI/c1-4-20-18(22-14-9-15-26-5-2)21-13-8-12-17-23-24-19(27-3)25(17)16-10-6-7-11-16;/h16H,4-15H2,1-3H3,(H2,20,21,22);1H. The molecule has 1 heterocycles. The van der Waals surface area contributed by atoms with Crippen molar-refractivity contribution in [1.29, 1.82) is 0 Å². The average molecular weight is 525 g/mol. The maximum Gasteiger partial charge on any atom is 0.191 e. The van der Waals surface area contributed by atoms with Gasteiger partial charge in [-0.3, -0.25) is 4.99 Å². The van der Waals surface area contributed by atoms with E-state index in [4.69, 9.17) is 9.73 Å². The normalized spacial score (nSPS) is 14.9. The van der Waals surface area contributed by atoms with Gasteiger partial charge in [0.2, 0.25) is 0 Å². The van der Waals surface area contributed by atoms with Gasteiger partial charge in [-0.05, 0) is 45.8 Å². The van der Waals surface area contributed by atoms with Crippen molar-refractivity contribution in [2.45, 2.75) is 70.0 Å². The van der Waals surface area contributed by atoms with Crippen molar-refractivity contribution in [2.75, 3.05) is 39.1 Å². The molecule has 0 spiro atoms. The molecule has 0 aromatic carbocycles. The lowest BCUT2D eigenvalue weighted by atomic mass is 10.2. The summed E-state index contributed by atoms with van der Waals surface area (Å²) >= 11 is 1.70. The summed E-state index contributed by atoms with van der Waals surface area (Å²) in [6.07, 6.45) is 10.1. The molecule has 9 heteroatoms. The van der Waals surface area contributed by atoms with Gasteiger partial charge in [0.1, 0.15) is 5.82 Å². The highest BCUT2D eigenvalue weighted by atomic mass is 127. The molecule has 1 saturated carbocycles. The topological polar surface area (TPSA) is 76.4 Å². The monoisotopic (exact) mass is 524 g/mol. The summed E-state index contributed by atoms with van der Waals surface area (Å²) in [4.78, 5) is 4.69. The number of nitrogens with one attached hydrogen (secondary N) is 2. The van der Waals surface area contributed by atoms with Crippen molar-refractivity contribution < 1.29 is 4.74 Å². The van der Waals surface area contributed by atoms with E-state index in [0.29, 0.717) is 6.04 Å². The molecule has 1 aliphatic carbocycles. The molecular weight excluding hydrogens is 487 g/mol. The van der Waals surface area contributed by atoms with Gasteiger partial charge in [-0.1, -0.05) is 24.6 Å². The van der Waals surface area contributed by atoms with Crippen LogP contribution in [-0.2, 0) is 11.2 Å². The lowest BCUT2D eigenvalue weighted by Gasteiger charge is -2.16. The number of thioether (sulfide) groups is 1. The Kier molecular flexibility index (Phi) is 13.9. The largest absolute Gasteiger partial charge is 0.382 e. The molecule has 1 aromatic heterocycles. The van der Waals surface area contributed by atoms with Crippen LogP contribution in [0.4, 0.5) is 0 Å². The first kappa shape index (κ1) is 25.5. The minimum absolute atomic E-state index is 0. The maximum absolute atomic E-state index is 5.37. The lowest BCUT2D eigenvalue weighted by molar-refractivity contribution is 0.145. The Labute approximate surface area is 191 Å². The lowest BCUT2D eigenvalue weighted by Crippen LogP contribution is -2.38. The van der Waals surface area contributed by atoms with E-state index in [1.54, 1.807) is 11.8 Å². The smallest absolute Gasteiger partial charge is 0.191 e. The number of aliphatic imine (C=N–C) groups is 1. The summed E-state index contributed by atoms with van der Waals surface area (Å²) in [6, 6.07) is 0.588. The van der Waals surface area contributed by atoms with Gasteiger partial charge in [0.15, 0.2) is 11.1 Å². The number of rotatable bonds is 12. The summed E-state index contributed by atoms with van der Waals surface area (Å²) in [6.45, 7) is 8.20. The van der Waals surface area contributed by atoms with Crippen LogP contribution in [0.15, 0.2) is 10.1 Å². The minimum Gasteiger partial charge on any atom is -0.382 e. The van der Waals surface area contributed by atoms with E-state index in [-0.39, 0.29) is 24.0 Å². The Bertz CT molecular complexity index is 563. The SMILES string of the molecule is CCNC(=NCCCc1nnc(SC)n1C1CCCC1)NCCCOCC.I. The van der Waals surface area contributed by atoms with Gasteiger partial charge in [-0.15, -0.1) is 34.2 Å². The molecule has 0 bridgehead atoms. The summed E-state index contributed by atoms with van der Waals surface area (Å²) in [7, 11) is 0. The second kappa shape index (κ2) is 15.3.